The van der Waals surface area contributed by atoms with E-state index in [0.29, 0.717) is 29.1 Å². The summed E-state index contributed by atoms with van der Waals surface area (Å²) in [5.41, 5.74) is 2.60. The van der Waals surface area contributed by atoms with Crippen molar-refractivity contribution in [2.45, 2.75) is 92.4 Å². The molecule has 8 atom stereocenters. The van der Waals surface area contributed by atoms with E-state index in [-0.39, 0.29) is 11.6 Å². The highest BCUT2D eigenvalue weighted by atomic mass is 16.2. The van der Waals surface area contributed by atoms with Crippen molar-refractivity contribution in [1.29, 1.82) is 0 Å². The van der Waals surface area contributed by atoms with Gasteiger partial charge in [0.25, 0.3) is 0 Å². The highest BCUT2D eigenvalue weighted by Gasteiger charge is 2.59. The van der Waals surface area contributed by atoms with Crippen molar-refractivity contribution in [3.05, 3.63) is 11.6 Å². The quantitative estimate of drug-likeness (QED) is 0.416. The Labute approximate surface area is 171 Å². The van der Waals surface area contributed by atoms with Gasteiger partial charge in [-0.3, -0.25) is 9.59 Å². The van der Waals surface area contributed by atoms with E-state index < -0.39 is 0 Å². The monoisotopic (exact) mass is 384 g/mol. The minimum Gasteiger partial charge on any atom is -0.291 e. The summed E-state index contributed by atoms with van der Waals surface area (Å²) in [7, 11) is 0. The maximum atomic E-state index is 12.1. The standard InChI is InChI=1S/C26H40O2/c1-16-10-12-25(4)19(14-16)6-7-20-22-9-8-21(17(2)15-24(28)18(3)27)26(22,5)13-11-23(20)25/h6,16-17,20-23H,7-15H2,1-5H3/t16-,17+,20?,21+,22?,23?,25-,26+/m0/s1. The van der Waals surface area contributed by atoms with Gasteiger partial charge in [0.05, 0.1) is 0 Å². The second kappa shape index (κ2) is 7.10. The van der Waals surface area contributed by atoms with Crippen LogP contribution in [0.1, 0.15) is 92.4 Å². The van der Waals surface area contributed by atoms with Gasteiger partial charge in [-0.2, -0.15) is 0 Å². The first kappa shape index (κ1) is 20.4. The summed E-state index contributed by atoms with van der Waals surface area (Å²) in [6.45, 7) is 11.2. The first-order chi connectivity index (χ1) is 13.2. The van der Waals surface area contributed by atoms with Crippen molar-refractivity contribution in [3.8, 4) is 0 Å². The van der Waals surface area contributed by atoms with E-state index in [1.165, 1.54) is 58.3 Å². The molecule has 3 fully saturated rings. The molecule has 0 spiro atoms. The van der Waals surface area contributed by atoms with Gasteiger partial charge in [-0.1, -0.05) is 39.3 Å². The Hall–Kier alpha value is -0.920. The van der Waals surface area contributed by atoms with Gasteiger partial charge in [0, 0.05) is 13.3 Å². The van der Waals surface area contributed by atoms with E-state index in [1.54, 1.807) is 5.57 Å². The number of ketones is 2. The van der Waals surface area contributed by atoms with Gasteiger partial charge in [-0.05, 0) is 97.7 Å². The molecular formula is C26H40O2. The molecule has 0 N–H and O–H groups in total. The molecule has 0 amide bonds. The van der Waals surface area contributed by atoms with Crippen LogP contribution in [0.15, 0.2) is 11.6 Å². The molecule has 0 saturated heterocycles. The molecule has 0 aromatic carbocycles. The highest BCUT2D eigenvalue weighted by Crippen LogP contribution is 2.67. The van der Waals surface area contributed by atoms with Gasteiger partial charge < -0.3 is 0 Å². The molecule has 0 bridgehead atoms. The van der Waals surface area contributed by atoms with E-state index in [9.17, 15) is 9.59 Å². The van der Waals surface area contributed by atoms with Crippen LogP contribution < -0.4 is 0 Å². The molecule has 156 valence electrons. The maximum absolute atomic E-state index is 12.1. The number of carbonyl (C=O) groups is 2. The molecule has 4 aliphatic rings. The maximum Gasteiger partial charge on any atom is 0.198 e. The molecule has 0 radical (unpaired) electrons. The summed E-state index contributed by atoms with van der Waals surface area (Å²) in [5.74, 6) is 3.88. The van der Waals surface area contributed by atoms with Crippen molar-refractivity contribution < 1.29 is 9.59 Å². The topological polar surface area (TPSA) is 34.1 Å². The average molecular weight is 385 g/mol. The summed E-state index contributed by atoms with van der Waals surface area (Å²) in [6.07, 6.45) is 13.8. The fourth-order valence-corrected chi connectivity index (χ4v) is 8.40. The summed E-state index contributed by atoms with van der Waals surface area (Å²) >= 11 is 0. The Morgan fingerprint density at radius 2 is 1.86 bits per heavy atom. The molecule has 3 unspecified atom stereocenters. The lowest BCUT2D eigenvalue weighted by atomic mass is 9.46. The fraction of sp³-hybridized carbons (Fsp3) is 0.846. The molecule has 4 rings (SSSR count). The van der Waals surface area contributed by atoms with Crippen molar-refractivity contribution in [1.82, 2.24) is 0 Å². The van der Waals surface area contributed by atoms with Crippen LogP contribution in [0.5, 0.6) is 0 Å². The zero-order chi connectivity index (χ0) is 20.3. The Morgan fingerprint density at radius 3 is 2.57 bits per heavy atom. The zero-order valence-electron chi connectivity index (χ0n) is 18.7. The summed E-state index contributed by atoms with van der Waals surface area (Å²) < 4.78 is 0. The lowest BCUT2D eigenvalue weighted by Gasteiger charge is -2.58. The summed E-state index contributed by atoms with van der Waals surface area (Å²) in [5, 5.41) is 0. The van der Waals surface area contributed by atoms with Crippen molar-refractivity contribution in [2.75, 3.05) is 0 Å². The SMILES string of the molecule is CC(=O)C(=O)C[C@@H](C)[C@H]1CCC2C3CC=C4C[C@@H](C)CC[C@]4(C)C3CC[C@@]21C. The Morgan fingerprint density at radius 1 is 1.11 bits per heavy atom. The molecular weight excluding hydrogens is 344 g/mol. The third-order valence-electron chi connectivity index (χ3n) is 10.0. The first-order valence-electron chi connectivity index (χ1n) is 11.9. The molecule has 3 saturated carbocycles. The Bertz CT molecular complexity index is 691. The molecule has 2 nitrogen and oxygen atoms in total. The summed E-state index contributed by atoms with van der Waals surface area (Å²) in [4.78, 5) is 23.6. The van der Waals surface area contributed by atoms with Crippen LogP contribution in [0.4, 0.5) is 0 Å². The van der Waals surface area contributed by atoms with Gasteiger partial charge in [0.2, 0.25) is 0 Å². The largest absolute Gasteiger partial charge is 0.291 e. The van der Waals surface area contributed by atoms with Gasteiger partial charge in [0.1, 0.15) is 0 Å². The number of carbonyl (C=O) groups excluding carboxylic acids is 2. The predicted molar refractivity (Wildman–Crippen MR) is 114 cm³/mol. The van der Waals surface area contributed by atoms with Gasteiger partial charge in [-0.25, -0.2) is 0 Å². The van der Waals surface area contributed by atoms with Crippen molar-refractivity contribution in [3.63, 3.8) is 0 Å². The number of rotatable bonds is 4. The van der Waals surface area contributed by atoms with Crippen LogP contribution in [-0.4, -0.2) is 11.6 Å². The highest BCUT2D eigenvalue weighted by molar-refractivity contribution is 6.36. The fourth-order valence-electron chi connectivity index (χ4n) is 8.40. The first-order valence-corrected chi connectivity index (χ1v) is 11.9. The Kier molecular flexibility index (Phi) is 5.16. The smallest absolute Gasteiger partial charge is 0.198 e. The summed E-state index contributed by atoms with van der Waals surface area (Å²) in [6, 6.07) is 0. The van der Waals surface area contributed by atoms with E-state index in [0.717, 1.165) is 23.7 Å². The van der Waals surface area contributed by atoms with Gasteiger partial charge in [0.15, 0.2) is 11.6 Å². The van der Waals surface area contributed by atoms with Crippen molar-refractivity contribution in [2.24, 2.45) is 46.3 Å². The minimum atomic E-state index is -0.264. The number of Topliss-reactive ketones (excluding diaryl/α,β-unsaturated/α-hetero) is 2. The average Bonchev–Trinajstić information content (AvgIpc) is 2.99. The number of fused-ring (bicyclic) bond motifs is 5. The number of hydrogen-bond donors (Lipinski definition) is 0. The molecule has 2 heteroatoms. The third kappa shape index (κ3) is 3.05. The van der Waals surface area contributed by atoms with Crippen LogP contribution in [0.25, 0.3) is 0 Å². The normalized spacial score (nSPS) is 46.0. The molecule has 28 heavy (non-hydrogen) atoms. The molecule has 0 heterocycles. The molecule has 0 aromatic rings. The number of allylic oxidation sites excluding steroid dienone is 2. The predicted octanol–water partition coefficient (Wildman–Crippen LogP) is 6.39. The van der Waals surface area contributed by atoms with Crippen LogP contribution in [-0.2, 0) is 9.59 Å². The van der Waals surface area contributed by atoms with E-state index in [1.807, 2.05) is 0 Å². The van der Waals surface area contributed by atoms with Crippen LogP contribution >= 0.6 is 0 Å². The van der Waals surface area contributed by atoms with Gasteiger partial charge in [-0.15, -0.1) is 0 Å². The second-order valence-electron chi connectivity index (χ2n) is 11.5. The lowest BCUT2D eigenvalue weighted by Crippen LogP contribution is -2.50. The molecule has 0 aromatic heterocycles. The van der Waals surface area contributed by atoms with Crippen LogP contribution in [0.3, 0.4) is 0 Å². The van der Waals surface area contributed by atoms with Crippen LogP contribution in [0.2, 0.25) is 0 Å². The molecule has 0 aliphatic heterocycles. The third-order valence-corrected chi connectivity index (χ3v) is 10.0. The van der Waals surface area contributed by atoms with Crippen LogP contribution in [0, 0.1) is 46.3 Å². The van der Waals surface area contributed by atoms with Crippen molar-refractivity contribution >= 4 is 11.6 Å². The number of hydrogen-bond acceptors (Lipinski definition) is 2. The Balaban J connectivity index is 1.55. The van der Waals surface area contributed by atoms with Gasteiger partial charge >= 0.3 is 0 Å². The second-order valence-corrected chi connectivity index (χ2v) is 11.5. The van der Waals surface area contributed by atoms with E-state index in [2.05, 4.69) is 33.8 Å². The molecule has 4 aliphatic carbocycles. The van der Waals surface area contributed by atoms with E-state index in [4.69, 9.17) is 0 Å². The zero-order valence-corrected chi connectivity index (χ0v) is 18.7. The minimum absolute atomic E-state index is 0.165. The lowest BCUT2D eigenvalue weighted by molar-refractivity contribution is -0.136. The van der Waals surface area contributed by atoms with E-state index >= 15 is 0 Å².